The molecule has 0 amide bonds. The van der Waals surface area contributed by atoms with Gasteiger partial charge in [0, 0.05) is 4.47 Å². The van der Waals surface area contributed by atoms with Crippen LogP contribution in [0.25, 0.3) is 0 Å². The van der Waals surface area contributed by atoms with E-state index < -0.39 is 5.97 Å². The molecule has 1 N–H and O–H groups in total. The van der Waals surface area contributed by atoms with Crippen LogP contribution in [0, 0.1) is 5.92 Å². The number of methoxy groups -OCH3 is 2. The molecular formula is C21H24BrNO4. The third kappa shape index (κ3) is 4.12. The Morgan fingerprint density at radius 3 is 2.19 bits per heavy atom. The van der Waals surface area contributed by atoms with E-state index in [1.807, 2.05) is 36.4 Å². The number of hydrogen-bond donors (Lipinski definition) is 1. The number of piperidine rings is 1. The molecule has 0 bridgehead atoms. The monoisotopic (exact) mass is 433 g/mol. The summed E-state index contributed by atoms with van der Waals surface area (Å²) >= 11 is 3.69. The van der Waals surface area contributed by atoms with E-state index in [0.717, 1.165) is 27.1 Å². The van der Waals surface area contributed by atoms with Gasteiger partial charge in [-0.2, -0.15) is 0 Å². The zero-order valence-electron chi connectivity index (χ0n) is 15.5. The number of benzene rings is 2. The molecule has 0 radical (unpaired) electrons. The number of carbonyl (C=O) groups is 1. The molecule has 27 heavy (non-hydrogen) atoms. The van der Waals surface area contributed by atoms with Gasteiger partial charge < -0.3 is 14.6 Å². The summed E-state index contributed by atoms with van der Waals surface area (Å²) in [5, 5.41) is 9.34. The predicted octanol–water partition coefficient (Wildman–Crippen LogP) is 4.35. The summed E-state index contributed by atoms with van der Waals surface area (Å²) in [6.45, 7) is 1.40. The van der Waals surface area contributed by atoms with E-state index in [2.05, 4.69) is 26.9 Å². The van der Waals surface area contributed by atoms with Gasteiger partial charge in [-0.25, -0.2) is 0 Å². The van der Waals surface area contributed by atoms with E-state index in [1.165, 1.54) is 0 Å². The third-order valence-corrected chi connectivity index (χ3v) is 5.91. The number of halogens is 1. The van der Waals surface area contributed by atoms with E-state index in [4.69, 9.17) is 9.47 Å². The van der Waals surface area contributed by atoms with Crippen molar-refractivity contribution in [3.63, 3.8) is 0 Å². The molecule has 5 nitrogen and oxygen atoms in total. The van der Waals surface area contributed by atoms with Crippen molar-refractivity contribution in [3.05, 3.63) is 58.1 Å². The highest BCUT2D eigenvalue weighted by Crippen LogP contribution is 2.44. The largest absolute Gasteiger partial charge is 0.496 e. The van der Waals surface area contributed by atoms with E-state index in [9.17, 15) is 9.90 Å². The van der Waals surface area contributed by atoms with Crippen LogP contribution in [-0.2, 0) is 4.79 Å². The van der Waals surface area contributed by atoms with Crippen LogP contribution in [-0.4, -0.2) is 43.3 Å². The number of aliphatic carboxylic acids is 1. The fourth-order valence-electron chi connectivity index (χ4n) is 3.79. The Morgan fingerprint density at radius 1 is 1.07 bits per heavy atom. The fourth-order valence-corrected chi connectivity index (χ4v) is 4.29. The van der Waals surface area contributed by atoms with Gasteiger partial charge in [0.05, 0.1) is 31.7 Å². The summed E-state index contributed by atoms with van der Waals surface area (Å²) in [5.41, 5.74) is 2.07. The molecule has 6 heteroatoms. The molecule has 2 aromatic carbocycles. The highest BCUT2D eigenvalue weighted by atomic mass is 79.9. The second kappa shape index (κ2) is 8.76. The quantitative estimate of drug-likeness (QED) is 0.733. The molecule has 0 saturated carbocycles. The molecule has 1 aliphatic heterocycles. The summed E-state index contributed by atoms with van der Waals surface area (Å²) in [6.07, 6.45) is 1.27. The molecule has 1 heterocycles. The lowest BCUT2D eigenvalue weighted by Crippen LogP contribution is -2.39. The summed E-state index contributed by atoms with van der Waals surface area (Å²) in [7, 11) is 3.32. The molecule has 2 aromatic rings. The molecule has 0 aliphatic carbocycles. The highest BCUT2D eigenvalue weighted by Gasteiger charge is 2.34. The van der Waals surface area contributed by atoms with Gasteiger partial charge in [0.15, 0.2) is 0 Å². The number of carboxylic acid groups (broad SMARTS) is 1. The van der Waals surface area contributed by atoms with Crippen LogP contribution >= 0.6 is 15.9 Å². The normalized spacial score (nSPS) is 16.7. The Bertz CT molecular complexity index is 780. The Hall–Kier alpha value is -2.05. The molecule has 144 valence electrons. The number of hydrogen-bond acceptors (Lipinski definition) is 4. The third-order valence-electron chi connectivity index (χ3n) is 5.18. The minimum atomic E-state index is -0.707. The average molecular weight is 434 g/mol. The van der Waals surface area contributed by atoms with Crippen LogP contribution in [0.15, 0.2) is 46.9 Å². The van der Waals surface area contributed by atoms with Crippen molar-refractivity contribution in [2.45, 2.75) is 18.9 Å². The number of ether oxygens (including phenoxy) is 2. The number of carboxylic acids is 1. The second-order valence-corrected chi connectivity index (χ2v) is 7.50. The minimum Gasteiger partial charge on any atom is -0.496 e. The van der Waals surface area contributed by atoms with Crippen LogP contribution in [0.1, 0.15) is 30.0 Å². The number of likely N-dealkylation sites (tertiary alicyclic amines) is 1. The lowest BCUT2D eigenvalue weighted by atomic mass is 9.90. The molecule has 1 saturated heterocycles. The van der Waals surface area contributed by atoms with Crippen molar-refractivity contribution in [1.82, 2.24) is 4.90 Å². The van der Waals surface area contributed by atoms with Crippen LogP contribution in [0.4, 0.5) is 0 Å². The standard InChI is InChI=1S/C21H24BrNO4/c1-26-17-8-5-9-18(27-2)19(17)20(15-6-3-4-7-16(15)22)23-12-10-14(11-13-23)21(24)25/h3-9,14,20H,10-13H2,1-2H3,(H,24,25). The Labute approximate surface area is 168 Å². The smallest absolute Gasteiger partial charge is 0.306 e. The SMILES string of the molecule is COc1cccc(OC)c1C(c1ccccc1Br)N1CCC(C(=O)O)CC1. The van der Waals surface area contributed by atoms with Gasteiger partial charge in [0.1, 0.15) is 11.5 Å². The Kier molecular flexibility index (Phi) is 6.39. The average Bonchev–Trinajstić information content (AvgIpc) is 2.70. The van der Waals surface area contributed by atoms with Crippen LogP contribution in [0.2, 0.25) is 0 Å². The lowest BCUT2D eigenvalue weighted by Gasteiger charge is -2.38. The van der Waals surface area contributed by atoms with Crippen molar-refractivity contribution in [2.75, 3.05) is 27.3 Å². The zero-order valence-corrected chi connectivity index (χ0v) is 17.1. The molecule has 3 rings (SSSR count). The predicted molar refractivity (Wildman–Crippen MR) is 107 cm³/mol. The number of rotatable bonds is 6. The van der Waals surface area contributed by atoms with Crippen molar-refractivity contribution in [1.29, 1.82) is 0 Å². The molecule has 0 aromatic heterocycles. The first-order valence-electron chi connectivity index (χ1n) is 8.99. The van der Waals surface area contributed by atoms with Gasteiger partial charge in [0.25, 0.3) is 0 Å². The summed E-state index contributed by atoms with van der Waals surface area (Å²) in [5.74, 6) is 0.536. The molecular weight excluding hydrogens is 410 g/mol. The molecule has 1 unspecified atom stereocenters. The van der Waals surface area contributed by atoms with Gasteiger partial charge >= 0.3 is 5.97 Å². The highest BCUT2D eigenvalue weighted by molar-refractivity contribution is 9.10. The maximum Gasteiger partial charge on any atom is 0.306 e. The molecule has 0 spiro atoms. The van der Waals surface area contributed by atoms with E-state index in [0.29, 0.717) is 25.9 Å². The Balaban J connectivity index is 2.08. The van der Waals surface area contributed by atoms with Crippen LogP contribution in [0.5, 0.6) is 11.5 Å². The van der Waals surface area contributed by atoms with E-state index >= 15 is 0 Å². The first-order valence-corrected chi connectivity index (χ1v) is 9.78. The molecule has 1 atom stereocenters. The lowest BCUT2D eigenvalue weighted by molar-refractivity contribution is -0.143. The molecule has 1 fully saturated rings. The minimum absolute atomic E-state index is 0.0959. The second-order valence-electron chi connectivity index (χ2n) is 6.65. The molecule has 1 aliphatic rings. The van der Waals surface area contributed by atoms with Crippen molar-refractivity contribution < 1.29 is 19.4 Å². The maximum absolute atomic E-state index is 11.4. The van der Waals surface area contributed by atoms with Gasteiger partial charge in [-0.15, -0.1) is 0 Å². The van der Waals surface area contributed by atoms with E-state index in [1.54, 1.807) is 14.2 Å². The summed E-state index contributed by atoms with van der Waals surface area (Å²) < 4.78 is 12.3. The number of nitrogens with zero attached hydrogens (tertiary/aromatic N) is 1. The Morgan fingerprint density at radius 2 is 1.67 bits per heavy atom. The van der Waals surface area contributed by atoms with Crippen molar-refractivity contribution in [3.8, 4) is 11.5 Å². The van der Waals surface area contributed by atoms with E-state index in [-0.39, 0.29) is 12.0 Å². The topological polar surface area (TPSA) is 59.0 Å². The van der Waals surface area contributed by atoms with Gasteiger partial charge in [-0.05, 0) is 49.7 Å². The van der Waals surface area contributed by atoms with Crippen LogP contribution < -0.4 is 9.47 Å². The van der Waals surface area contributed by atoms with Crippen molar-refractivity contribution in [2.24, 2.45) is 5.92 Å². The summed E-state index contributed by atoms with van der Waals surface area (Å²) in [6, 6.07) is 13.8. The van der Waals surface area contributed by atoms with Gasteiger partial charge in [-0.3, -0.25) is 9.69 Å². The van der Waals surface area contributed by atoms with Gasteiger partial charge in [-0.1, -0.05) is 40.2 Å². The first-order chi connectivity index (χ1) is 13.1. The maximum atomic E-state index is 11.4. The van der Waals surface area contributed by atoms with Crippen LogP contribution in [0.3, 0.4) is 0 Å². The van der Waals surface area contributed by atoms with Crippen molar-refractivity contribution >= 4 is 21.9 Å². The first kappa shape index (κ1) is 19.7. The fraction of sp³-hybridized carbons (Fsp3) is 0.381. The summed E-state index contributed by atoms with van der Waals surface area (Å²) in [4.78, 5) is 13.7. The zero-order chi connectivity index (χ0) is 19.4. The van der Waals surface area contributed by atoms with Gasteiger partial charge in [0.2, 0.25) is 0 Å².